The Morgan fingerprint density at radius 1 is 1.64 bits per heavy atom. The molecule has 0 radical (unpaired) electrons. The van der Waals surface area contributed by atoms with Crippen LogP contribution >= 0.6 is 12.2 Å². The molecule has 0 aromatic rings. The van der Waals surface area contributed by atoms with Crippen LogP contribution in [0.15, 0.2) is 0 Å². The zero-order valence-corrected chi connectivity index (χ0v) is 8.29. The summed E-state index contributed by atoms with van der Waals surface area (Å²) in [5, 5.41) is 4.22. The molecular formula is C8H16N2S. The molecular weight excluding hydrogens is 156 g/mol. The van der Waals surface area contributed by atoms with Crippen molar-refractivity contribution in [3.05, 3.63) is 0 Å². The van der Waals surface area contributed by atoms with Crippen LogP contribution in [0.1, 0.15) is 26.7 Å². The largest absolute Gasteiger partial charge is 0.357 e. The van der Waals surface area contributed by atoms with Gasteiger partial charge in [-0.25, -0.2) is 0 Å². The van der Waals surface area contributed by atoms with Crippen LogP contribution in [0.3, 0.4) is 0 Å². The summed E-state index contributed by atoms with van der Waals surface area (Å²) in [6.45, 7) is 5.29. The van der Waals surface area contributed by atoms with E-state index in [1.807, 2.05) is 7.05 Å². The van der Waals surface area contributed by atoms with Gasteiger partial charge in [-0.05, 0) is 38.9 Å². The third-order valence-corrected chi connectivity index (χ3v) is 2.64. The maximum absolute atomic E-state index is 5.18. The summed E-state index contributed by atoms with van der Waals surface area (Å²) in [4.78, 5) is 2.05. The van der Waals surface area contributed by atoms with E-state index in [0.29, 0.717) is 5.54 Å². The Labute approximate surface area is 74.0 Å². The molecule has 64 valence electrons. The molecule has 3 heteroatoms. The SMILES string of the molecule is CCN(C)C(=S)NC1(C)CC1. The molecule has 0 aromatic carbocycles. The third kappa shape index (κ3) is 2.33. The van der Waals surface area contributed by atoms with Crippen LogP contribution in [-0.4, -0.2) is 29.1 Å². The molecule has 0 unspecified atom stereocenters. The lowest BCUT2D eigenvalue weighted by molar-refractivity contribution is 0.501. The van der Waals surface area contributed by atoms with E-state index in [0.717, 1.165) is 11.7 Å². The highest BCUT2D eigenvalue weighted by Gasteiger charge is 2.38. The van der Waals surface area contributed by atoms with E-state index in [1.54, 1.807) is 0 Å². The smallest absolute Gasteiger partial charge is 0.169 e. The van der Waals surface area contributed by atoms with E-state index in [9.17, 15) is 0 Å². The average molecular weight is 172 g/mol. The second-order valence-electron chi connectivity index (χ2n) is 3.50. The van der Waals surface area contributed by atoms with Gasteiger partial charge in [-0.15, -0.1) is 0 Å². The van der Waals surface area contributed by atoms with Crippen molar-refractivity contribution < 1.29 is 0 Å². The monoisotopic (exact) mass is 172 g/mol. The van der Waals surface area contributed by atoms with E-state index in [4.69, 9.17) is 12.2 Å². The molecule has 0 amide bonds. The summed E-state index contributed by atoms with van der Waals surface area (Å²) in [6, 6.07) is 0. The highest BCUT2D eigenvalue weighted by atomic mass is 32.1. The van der Waals surface area contributed by atoms with Crippen molar-refractivity contribution in [3.63, 3.8) is 0 Å². The lowest BCUT2D eigenvalue weighted by Gasteiger charge is -2.22. The Balaban J connectivity index is 2.31. The Kier molecular flexibility index (Phi) is 2.37. The van der Waals surface area contributed by atoms with Gasteiger partial charge in [0.1, 0.15) is 0 Å². The zero-order valence-electron chi connectivity index (χ0n) is 7.48. The summed E-state index contributed by atoms with van der Waals surface area (Å²) in [7, 11) is 2.01. The second kappa shape index (κ2) is 2.97. The molecule has 2 nitrogen and oxygen atoms in total. The standard InChI is InChI=1S/C8H16N2S/c1-4-10(3)7(11)9-8(2)5-6-8/h4-6H2,1-3H3,(H,9,11). The van der Waals surface area contributed by atoms with E-state index >= 15 is 0 Å². The Morgan fingerprint density at radius 2 is 2.18 bits per heavy atom. The van der Waals surface area contributed by atoms with Crippen molar-refractivity contribution in [2.45, 2.75) is 32.2 Å². The molecule has 0 atom stereocenters. The van der Waals surface area contributed by atoms with Crippen molar-refractivity contribution in [1.82, 2.24) is 10.2 Å². The molecule has 1 saturated carbocycles. The zero-order chi connectivity index (χ0) is 8.48. The topological polar surface area (TPSA) is 15.3 Å². The maximum atomic E-state index is 5.18. The quantitative estimate of drug-likeness (QED) is 0.633. The molecule has 0 saturated heterocycles. The first-order valence-corrected chi connectivity index (χ1v) is 4.51. The van der Waals surface area contributed by atoms with Gasteiger partial charge in [-0.3, -0.25) is 0 Å². The van der Waals surface area contributed by atoms with Gasteiger partial charge in [-0.2, -0.15) is 0 Å². The minimum Gasteiger partial charge on any atom is -0.357 e. The van der Waals surface area contributed by atoms with Crippen LogP contribution in [0.2, 0.25) is 0 Å². The summed E-state index contributed by atoms with van der Waals surface area (Å²) in [5.74, 6) is 0. The number of hydrogen-bond donors (Lipinski definition) is 1. The molecule has 1 aliphatic rings. The minimum atomic E-state index is 0.320. The molecule has 1 N–H and O–H groups in total. The predicted molar refractivity (Wildman–Crippen MR) is 51.7 cm³/mol. The van der Waals surface area contributed by atoms with Gasteiger partial charge in [0, 0.05) is 19.1 Å². The van der Waals surface area contributed by atoms with Gasteiger partial charge in [0.05, 0.1) is 0 Å². The van der Waals surface area contributed by atoms with Crippen molar-refractivity contribution in [1.29, 1.82) is 0 Å². The second-order valence-corrected chi connectivity index (χ2v) is 3.89. The van der Waals surface area contributed by atoms with E-state index in [-0.39, 0.29) is 0 Å². The van der Waals surface area contributed by atoms with Gasteiger partial charge in [0.15, 0.2) is 5.11 Å². The van der Waals surface area contributed by atoms with Gasteiger partial charge in [0.2, 0.25) is 0 Å². The van der Waals surface area contributed by atoms with Crippen molar-refractivity contribution in [2.75, 3.05) is 13.6 Å². The fraction of sp³-hybridized carbons (Fsp3) is 0.875. The number of rotatable bonds is 2. The van der Waals surface area contributed by atoms with Crippen molar-refractivity contribution in [2.24, 2.45) is 0 Å². The number of hydrogen-bond acceptors (Lipinski definition) is 1. The molecule has 0 aliphatic heterocycles. The molecule has 1 fully saturated rings. The molecule has 0 spiro atoms. The number of nitrogens with zero attached hydrogens (tertiary/aromatic N) is 1. The lowest BCUT2D eigenvalue weighted by Crippen LogP contribution is -2.42. The van der Waals surface area contributed by atoms with Crippen LogP contribution in [0.5, 0.6) is 0 Å². The van der Waals surface area contributed by atoms with Gasteiger partial charge < -0.3 is 10.2 Å². The van der Waals surface area contributed by atoms with Crippen LogP contribution < -0.4 is 5.32 Å². The summed E-state index contributed by atoms with van der Waals surface area (Å²) < 4.78 is 0. The number of thiocarbonyl (C=S) groups is 1. The Hall–Kier alpha value is -0.310. The van der Waals surface area contributed by atoms with Crippen molar-refractivity contribution in [3.8, 4) is 0 Å². The Morgan fingerprint density at radius 3 is 2.55 bits per heavy atom. The van der Waals surface area contributed by atoms with E-state index in [2.05, 4.69) is 24.1 Å². The van der Waals surface area contributed by atoms with E-state index < -0.39 is 0 Å². The highest BCUT2D eigenvalue weighted by Crippen LogP contribution is 2.34. The lowest BCUT2D eigenvalue weighted by atomic mass is 10.3. The van der Waals surface area contributed by atoms with Gasteiger partial charge >= 0.3 is 0 Å². The third-order valence-electron chi connectivity index (χ3n) is 2.23. The highest BCUT2D eigenvalue weighted by molar-refractivity contribution is 7.80. The molecule has 0 aromatic heterocycles. The predicted octanol–water partition coefficient (Wildman–Crippen LogP) is 1.37. The average Bonchev–Trinajstić information content (AvgIpc) is 2.66. The van der Waals surface area contributed by atoms with Gasteiger partial charge in [-0.1, -0.05) is 0 Å². The van der Waals surface area contributed by atoms with Crippen LogP contribution in [0, 0.1) is 0 Å². The minimum absolute atomic E-state index is 0.320. The normalized spacial score (nSPS) is 19.2. The van der Waals surface area contributed by atoms with Crippen molar-refractivity contribution >= 4 is 17.3 Å². The molecule has 1 aliphatic carbocycles. The summed E-state index contributed by atoms with van der Waals surface area (Å²) in [6.07, 6.45) is 2.51. The fourth-order valence-corrected chi connectivity index (χ4v) is 1.19. The summed E-state index contributed by atoms with van der Waals surface area (Å²) >= 11 is 5.18. The first kappa shape index (κ1) is 8.78. The summed E-state index contributed by atoms with van der Waals surface area (Å²) in [5.41, 5.74) is 0.320. The molecule has 0 bridgehead atoms. The van der Waals surface area contributed by atoms with E-state index in [1.165, 1.54) is 12.8 Å². The van der Waals surface area contributed by atoms with Crippen LogP contribution in [0.4, 0.5) is 0 Å². The molecule has 1 rings (SSSR count). The molecule has 11 heavy (non-hydrogen) atoms. The van der Waals surface area contributed by atoms with Crippen LogP contribution in [0.25, 0.3) is 0 Å². The first-order chi connectivity index (χ1) is 5.07. The molecule has 0 heterocycles. The maximum Gasteiger partial charge on any atom is 0.169 e. The Bertz CT molecular complexity index is 163. The van der Waals surface area contributed by atoms with Gasteiger partial charge in [0.25, 0.3) is 0 Å². The van der Waals surface area contributed by atoms with Crippen LogP contribution in [-0.2, 0) is 0 Å². The number of nitrogens with one attached hydrogen (secondary N) is 1. The first-order valence-electron chi connectivity index (χ1n) is 4.11. The fourth-order valence-electron chi connectivity index (χ4n) is 0.810.